The van der Waals surface area contributed by atoms with Crippen molar-refractivity contribution in [2.75, 3.05) is 39.6 Å². The molecule has 1 atom stereocenters. The minimum atomic E-state index is -4.02. The number of allylic oxidation sites excluding steroid dienone is 1. The van der Waals surface area contributed by atoms with Crippen molar-refractivity contribution in [1.29, 1.82) is 0 Å². The minimum Gasteiger partial charge on any atom is -0.491 e. The van der Waals surface area contributed by atoms with E-state index in [1.54, 1.807) is 0 Å². The van der Waals surface area contributed by atoms with E-state index in [-0.39, 0.29) is 13.2 Å². The Morgan fingerprint density at radius 3 is 2.21 bits per heavy atom. The molecule has 0 saturated carbocycles. The van der Waals surface area contributed by atoms with E-state index < -0.39 is 10.8 Å². The van der Waals surface area contributed by atoms with Gasteiger partial charge in [0.25, 0.3) is 0 Å². The molecule has 33 heavy (non-hydrogen) atoms. The zero-order valence-electron chi connectivity index (χ0n) is 20.3. The summed E-state index contributed by atoms with van der Waals surface area (Å²) in [6.45, 7) is 5.79. The number of quaternary nitrogens is 1. The van der Waals surface area contributed by atoms with Crippen molar-refractivity contribution >= 4 is 16.9 Å². The number of rotatable bonds is 21. The summed E-state index contributed by atoms with van der Waals surface area (Å²) in [5.74, 6) is 3.64. The van der Waals surface area contributed by atoms with Gasteiger partial charge in [-0.1, -0.05) is 63.7 Å². The number of unbranched alkanes of at least 4 members (excludes halogenated alkanes) is 6. The van der Waals surface area contributed by atoms with Gasteiger partial charge >= 0.3 is 10.8 Å². The van der Waals surface area contributed by atoms with Crippen LogP contribution in [0.15, 0.2) is 24.3 Å². The average molecular weight is 489 g/mol. The molecule has 3 N–H and O–H groups in total. The van der Waals surface area contributed by atoms with E-state index in [0.29, 0.717) is 26.4 Å². The second kappa shape index (κ2) is 19.0. The predicted octanol–water partition coefficient (Wildman–Crippen LogP) is 4.29. The second-order valence-corrected chi connectivity index (χ2v) is 8.95. The van der Waals surface area contributed by atoms with E-state index in [2.05, 4.69) is 39.5 Å². The number of hydrogen-bond acceptors (Lipinski definition) is 6. The zero-order chi connectivity index (χ0) is 24.2. The Morgan fingerprint density at radius 2 is 1.55 bits per heavy atom. The molecule has 0 aliphatic heterocycles. The molecule has 0 heterocycles. The highest BCUT2D eigenvalue weighted by Crippen LogP contribution is 2.23. The third-order valence-electron chi connectivity index (χ3n) is 4.95. The lowest BCUT2D eigenvalue weighted by atomic mass is 10.0. The van der Waals surface area contributed by atoms with Crippen molar-refractivity contribution in [3.8, 4) is 5.75 Å². The summed E-state index contributed by atoms with van der Waals surface area (Å²) < 4.78 is 46.8. The maximum absolute atomic E-state index is 10.9. The summed E-state index contributed by atoms with van der Waals surface area (Å²) in [4.78, 5) is 0. The highest BCUT2D eigenvalue weighted by atomic mass is 32.3. The first-order chi connectivity index (χ1) is 16.0. The molecule has 1 radical (unpaired) electrons. The van der Waals surface area contributed by atoms with Crippen LogP contribution in [0.2, 0.25) is 0 Å². The summed E-state index contributed by atoms with van der Waals surface area (Å²) >= 11 is 0. The molecule has 0 spiro atoms. The van der Waals surface area contributed by atoms with Gasteiger partial charge in [0, 0.05) is 9.77 Å². The Kier molecular flexibility index (Phi) is 17.1. The fourth-order valence-corrected chi connectivity index (χ4v) is 3.58. The number of aryl methyl sites for hydroxylation is 1. The molecular formula is C24H42NO7S+2. The highest BCUT2D eigenvalue weighted by molar-refractivity contribution is 7.88. The van der Waals surface area contributed by atoms with Crippen LogP contribution in [0.3, 0.4) is 0 Å². The molecule has 0 bridgehead atoms. The Hall–Kier alpha value is -1.33. The SMILES string of the molecule is C/C=C/c1cc(CCCCCCCCC)ccc1OCCOCCOCCO[S+]([O])(=O)O[NH3+]. The Labute approximate surface area is 200 Å². The number of benzene rings is 1. The van der Waals surface area contributed by atoms with Crippen LogP contribution < -0.4 is 10.6 Å². The standard InChI is InChI=1S/C24H42NO7S/c1-3-5-6-7-8-9-10-12-22-13-14-24(23(21-22)11-4-2)30-19-17-28-15-16-29-18-20-31-33(26,27)32-25/h4,11,13-14,21H,3,5-10,12,15-20H2,1-2,25H3/q+2/b11-4+. The van der Waals surface area contributed by atoms with Gasteiger partial charge in [-0.3, -0.25) is 0 Å². The van der Waals surface area contributed by atoms with Crippen molar-refractivity contribution in [3.63, 3.8) is 0 Å². The Bertz CT molecular complexity index is 699. The molecule has 1 aromatic carbocycles. The van der Waals surface area contributed by atoms with Crippen LogP contribution >= 0.6 is 0 Å². The van der Waals surface area contributed by atoms with Crippen LogP contribution in [0.4, 0.5) is 0 Å². The summed E-state index contributed by atoms with van der Waals surface area (Å²) in [6.07, 6.45) is 14.4. The van der Waals surface area contributed by atoms with E-state index in [1.165, 1.54) is 50.5 Å². The monoisotopic (exact) mass is 488 g/mol. The van der Waals surface area contributed by atoms with Crippen molar-refractivity contribution in [3.05, 3.63) is 35.4 Å². The van der Waals surface area contributed by atoms with Gasteiger partial charge in [-0.15, -0.1) is 4.18 Å². The average Bonchev–Trinajstić information content (AvgIpc) is 2.81. The molecule has 0 fully saturated rings. The third-order valence-corrected chi connectivity index (χ3v) is 5.69. The summed E-state index contributed by atoms with van der Waals surface area (Å²) in [7, 11) is -4.02. The van der Waals surface area contributed by atoms with Gasteiger partial charge in [-0.05, 0) is 37.5 Å². The van der Waals surface area contributed by atoms with E-state index in [9.17, 15) is 8.76 Å². The predicted molar refractivity (Wildman–Crippen MR) is 129 cm³/mol. The van der Waals surface area contributed by atoms with Crippen molar-refractivity contribution in [2.45, 2.75) is 65.2 Å². The van der Waals surface area contributed by atoms with Gasteiger partial charge in [0.2, 0.25) is 0 Å². The maximum Gasteiger partial charge on any atom is 0.597 e. The lowest BCUT2D eigenvalue weighted by Gasteiger charge is -2.12. The van der Waals surface area contributed by atoms with Crippen LogP contribution in [-0.4, -0.2) is 39.6 Å². The Morgan fingerprint density at radius 1 is 0.909 bits per heavy atom. The first-order valence-corrected chi connectivity index (χ1v) is 13.2. The van der Waals surface area contributed by atoms with Gasteiger partial charge in [-0.25, -0.2) is 0 Å². The lowest BCUT2D eigenvalue weighted by molar-refractivity contribution is -0.640. The third kappa shape index (κ3) is 15.2. The molecule has 0 aliphatic rings. The van der Waals surface area contributed by atoms with Crippen LogP contribution in [0.25, 0.3) is 6.08 Å². The summed E-state index contributed by atoms with van der Waals surface area (Å²) in [5, 5.41) is 0. The van der Waals surface area contributed by atoms with E-state index >= 15 is 0 Å². The van der Waals surface area contributed by atoms with Crippen molar-refractivity contribution < 1.29 is 37.3 Å². The summed E-state index contributed by atoms with van der Waals surface area (Å²) in [5.41, 5.74) is 2.43. The topological polar surface area (TPSA) is 111 Å². The van der Waals surface area contributed by atoms with E-state index in [0.717, 1.165) is 17.7 Å². The molecule has 1 unspecified atom stereocenters. The largest absolute Gasteiger partial charge is 0.597 e. The molecule has 9 heteroatoms. The van der Waals surface area contributed by atoms with Crippen LogP contribution in [0.1, 0.15) is 69.9 Å². The molecular weight excluding hydrogens is 446 g/mol. The minimum absolute atomic E-state index is 0.111. The van der Waals surface area contributed by atoms with Gasteiger partial charge < -0.3 is 14.2 Å². The zero-order valence-corrected chi connectivity index (χ0v) is 21.1. The van der Waals surface area contributed by atoms with Gasteiger partial charge in [0.05, 0.1) is 30.7 Å². The maximum atomic E-state index is 10.9. The normalized spacial score (nSPS) is 13.5. The van der Waals surface area contributed by atoms with Gasteiger partial charge in [-0.2, -0.15) is 5.90 Å². The molecule has 0 aliphatic carbocycles. The van der Waals surface area contributed by atoms with Gasteiger partial charge in [0.1, 0.15) is 23.5 Å². The van der Waals surface area contributed by atoms with Crippen molar-refractivity contribution in [1.82, 2.24) is 0 Å². The number of ether oxygens (including phenoxy) is 3. The van der Waals surface area contributed by atoms with Gasteiger partial charge in [0.15, 0.2) is 0 Å². The van der Waals surface area contributed by atoms with E-state index in [1.807, 2.05) is 19.1 Å². The lowest BCUT2D eigenvalue weighted by Crippen LogP contribution is -2.53. The van der Waals surface area contributed by atoms with Crippen LogP contribution in [0.5, 0.6) is 5.75 Å². The fraction of sp³-hybridized carbons (Fsp3) is 0.667. The quantitative estimate of drug-likeness (QED) is 0.157. The van der Waals surface area contributed by atoms with Crippen LogP contribution in [-0.2, 0) is 43.9 Å². The molecule has 0 aromatic heterocycles. The molecule has 189 valence electrons. The molecule has 1 rings (SSSR count). The number of hydrogen-bond donors (Lipinski definition) is 1. The first-order valence-electron chi connectivity index (χ1n) is 11.9. The Balaban J connectivity index is 2.21. The molecule has 0 saturated heterocycles. The first kappa shape index (κ1) is 29.7. The molecule has 0 amide bonds. The smallest absolute Gasteiger partial charge is 0.491 e. The fourth-order valence-electron chi connectivity index (χ4n) is 3.24. The molecule has 8 nitrogen and oxygen atoms in total. The highest BCUT2D eigenvalue weighted by Gasteiger charge is 2.35. The van der Waals surface area contributed by atoms with Crippen LogP contribution in [0, 0.1) is 0 Å². The second-order valence-electron chi connectivity index (χ2n) is 7.66. The van der Waals surface area contributed by atoms with E-state index in [4.69, 9.17) is 14.2 Å². The van der Waals surface area contributed by atoms with Crippen molar-refractivity contribution in [2.24, 2.45) is 0 Å². The summed E-state index contributed by atoms with van der Waals surface area (Å²) in [6, 6.07) is 6.40. The molecule has 1 aromatic rings.